The Balaban J connectivity index is 3.14. The summed E-state index contributed by atoms with van der Waals surface area (Å²) < 4.78 is 29.4. The van der Waals surface area contributed by atoms with Crippen molar-refractivity contribution in [1.82, 2.24) is 4.98 Å². The molecule has 4 nitrogen and oxygen atoms in total. The van der Waals surface area contributed by atoms with Crippen LogP contribution in [0, 0.1) is 6.92 Å². The van der Waals surface area contributed by atoms with E-state index >= 15 is 0 Å². The van der Waals surface area contributed by atoms with Gasteiger partial charge in [-0.25, -0.2) is 8.78 Å². The molecule has 0 bridgehead atoms. The van der Waals surface area contributed by atoms with Crippen molar-refractivity contribution < 1.29 is 18.3 Å². The van der Waals surface area contributed by atoms with Gasteiger partial charge in [-0.3, -0.25) is 9.59 Å². The highest BCUT2D eigenvalue weighted by molar-refractivity contribution is 5.71. The largest absolute Gasteiger partial charge is 0.469 e. The molecule has 0 atom stereocenters. The van der Waals surface area contributed by atoms with Crippen LogP contribution in [-0.2, 0) is 16.0 Å². The average Bonchev–Trinajstić information content (AvgIpc) is 2.22. The van der Waals surface area contributed by atoms with Crippen LogP contribution in [0.15, 0.2) is 10.9 Å². The van der Waals surface area contributed by atoms with E-state index in [1.165, 1.54) is 14.0 Å². The zero-order valence-corrected chi connectivity index (χ0v) is 8.84. The van der Waals surface area contributed by atoms with Crippen LogP contribution in [0.4, 0.5) is 8.78 Å². The lowest BCUT2D eigenvalue weighted by molar-refractivity contribution is -0.139. The smallest absolute Gasteiger partial charge is 0.311 e. The van der Waals surface area contributed by atoms with Crippen LogP contribution < -0.4 is 5.43 Å². The lowest BCUT2D eigenvalue weighted by atomic mass is 10.1. The summed E-state index contributed by atoms with van der Waals surface area (Å²) >= 11 is 0. The van der Waals surface area contributed by atoms with Gasteiger partial charge in [-0.15, -0.1) is 0 Å². The lowest BCUT2D eigenvalue weighted by Gasteiger charge is -2.07. The van der Waals surface area contributed by atoms with Crippen molar-refractivity contribution in [2.45, 2.75) is 19.8 Å². The summed E-state index contributed by atoms with van der Waals surface area (Å²) in [6.07, 6.45) is -3.00. The second kappa shape index (κ2) is 4.87. The standard InChI is InChI=1S/C10H11F2NO3/c1-5-7(14)3-6(4-8(15)16-2)13-9(5)10(11)12/h3,10H,4H2,1-2H3,(H,13,14). The monoisotopic (exact) mass is 231 g/mol. The van der Waals surface area contributed by atoms with E-state index in [1.54, 1.807) is 0 Å². The third kappa shape index (κ3) is 2.65. The fourth-order valence-corrected chi connectivity index (χ4v) is 1.24. The molecule has 0 saturated heterocycles. The molecule has 1 N–H and O–H groups in total. The van der Waals surface area contributed by atoms with Gasteiger partial charge in [0.15, 0.2) is 5.43 Å². The summed E-state index contributed by atoms with van der Waals surface area (Å²) in [5.74, 6) is -0.597. The molecule has 0 saturated carbocycles. The maximum Gasteiger partial charge on any atom is 0.311 e. The van der Waals surface area contributed by atoms with Gasteiger partial charge in [0.2, 0.25) is 0 Å². The predicted octanol–water partition coefficient (Wildman–Crippen LogP) is 1.34. The number of halogens is 2. The van der Waals surface area contributed by atoms with E-state index in [1.807, 2.05) is 0 Å². The Hall–Kier alpha value is -1.72. The molecule has 0 aliphatic rings. The Bertz CT molecular complexity index is 454. The zero-order chi connectivity index (χ0) is 12.3. The Kier molecular flexibility index (Phi) is 3.76. The highest BCUT2D eigenvalue weighted by Crippen LogP contribution is 2.18. The molecule has 0 unspecified atom stereocenters. The number of esters is 1. The molecule has 1 aromatic rings. The maximum absolute atomic E-state index is 12.5. The summed E-state index contributed by atoms with van der Waals surface area (Å²) in [7, 11) is 1.18. The van der Waals surface area contributed by atoms with Crippen molar-refractivity contribution in [1.29, 1.82) is 0 Å². The molecule has 0 fully saturated rings. The Morgan fingerprint density at radius 1 is 1.56 bits per heavy atom. The first-order chi connectivity index (χ1) is 7.45. The quantitative estimate of drug-likeness (QED) is 0.798. The van der Waals surface area contributed by atoms with Gasteiger partial charge in [-0.1, -0.05) is 0 Å². The third-order valence-corrected chi connectivity index (χ3v) is 2.15. The number of aromatic amines is 1. The van der Waals surface area contributed by atoms with Crippen LogP contribution >= 0.6 is 0 Å². The molecule has 0 spiro atoms. The summed E-state index contributed by atoms with van der Waals surface area (Å²) in [4.78, 5) is 24.6. The van der Waals surface area contributed by atoms with Crippen molar-refractivity contribution in [3.05, 3.63) is 33.2 Å². The van der Waals surface area contributed by atoms with Gasteiger partial charge in [0.25, 0.3) is 6.43 Å². The van der Waals surface area contributed by atoms with Gasteiger partial charge in [0, 0.05) is 17.3 Å². The molecule has 0 aliphatic heterocycles. The van der Waals surface area contributed by atoms with Crippen LogP contribution in [0.25, 0.3) is 0 Å². The zero-order valence-electron chi connectivity index (χ0n) is 8.84. The first-order valence-corrected chi connectivity index (χ1v) is 4.53. The highest BCUT2D eigenvalue weighted by Gasteiger charge is 2.15. The first-order valence-electron chi connectivity index (χ1n) is 4.53. The summed E-state index contributed by atoms with van der Waals surface area (Å²) in [5.41, 5.74) is -0.888. The maximum atomic E-state index is 12.5. The van der Waals surface area contributed by atoms with E-state index in [0.717, 1.165) is 6.07 Å². The summed E-state index contributed by atoms with van der Waals surface area (Å²) in [6.45, 7) is 1.31. The number of pyridine rings is 1. The van der Waals surface area contributed by atoms with Crippen LogP contribution in [0.1, 0.15) is 23.4 Å². The molecule has 1 rings (SSSR count). The molecule has 0 amide bonds. The van der Waals surface area contributed by atoms with E-state index in [-0.39, 0.29) is 17.7 Å². The highest BCUT2D eigenvalue weighted by atomic mass is 19.3. The van der Waals surface area contributed by atoms with Crippen LogP contribution in [0.5, 0.6) is 0 Å². The molecule has 1 aromatic heterocycles. The number of hydrogen-bond donors (Lipinski definition) is 1. The van der Waals surface area contributed by atoms with Crippen molar-refractivity contribution in [3.8, 4) is 0 Å². The second-order valence-corrected chi connectivity index (χ2v) is 3.25. The van der Waals surface area contributed by atoms with Crippen LogP contribution in [-0.4, -0.2) is 18.1 Å². The molecule has 0 radical (unpaired) electrons. The minimum Gasteiger partial charge on any atom is -0.469 e. The van der Waals surface area contributed by atoms with E-state index in [0.29, 0.717) is 0 Å². The number of ether oxygens (including phenoxy) is 1. The van der Waals surface area contributed by atoms with E-state index in [9.17, 15) is 18.4 Å². The van der Waals surface area contributed by atoms with Gasteiger partial charge in [0.05, 0.1) is 19.2 Å². The van der Waals surface area contributed by atoms with E-state index in [2.05, 4.69) is 9.72 Å². The first kappa shape index (κ1) is 12.4. The Morgan fingerprint density at radius 2 is 2.19 bits per heavy atom. The second-order valence-electron chi connectivity index (χ2n) is 3.25. The SMILES string of the molecule is COC(=O)Cc1cc(=O)c(C)c(C(F)F)[nH]1. The number of methoxy groups -OCH3 is 1. The molecule has 1 heterocycles. The average molecular weight is 231 g/mol. The number of carbonyl (C=O) groups is 1. The van der Waals surface area contributed by atoms with Crippen molar-refractivity contribution in [3.63, 3.8) is 0 Å². The molecular weight excluding hydrogens is 220 g/mol. The number of rotatable bonds is 3. The van der Waals surface area contributed by atoms with Gasteiger partial charge in [-0.2, -0.15) is 0 Å². The van der Waals surface area contributed by atoms with Gasteiger partial charge < -0.3 is 9.72 Å². The van der Waals surface area contributed by atoms with Gasteiger partial charge in [-0.05, 0) is 6.92 Å². The fraction of sp³-hybridized carbons (Fsp3) is 0.400. The number of aromatic nitrogens is 1. The normalized spacial score (nSPS) is 10.6. The van der Waals surface area contributed by atoms with Crippen molar-refractivity contribution in [2.24, 2.45) is 0 Å². The van der Waals surface area contributed by atoms with E-state index in [4.69, 9.17) is 0 Å². The topological polar surface area (TPSA) is 59.2 Å². The molecule has 16 heavy (non-hydrogen) atoms. The Labute approximate surface area is 90.2 Å². The summed E-state index contributed by atoms with van der Waals surface area (Å²) in [6, 6.07) is 1.12. The number of carbonyl (C=O) groups excluding carboxylic acids is 1. The number of nitrogens with one attached hydrogen (secondary N) is 1. The summed E-state index contributed by atoms with van der Waals surface area (Å²) in [5, 5.41) is 0. The molecule has 0 aromatic carbocycles. The van der Waals surface area contributed by atoms with Crippen molar-refractivity contribution in [2.75, 3.05) is 7.11 Å². The number of H-pyrrole nitrogens is 1. The van der Waals surface area contributed by atoms with E-state index < -0.39 is 23.5 Å². The number of alkyl halides is 2. The van der Waals surface area contributed by atoms with Gasteiger partial charge >= 0.3 is 5.97 Å². The third-order valence-electron chi connectivity index (χ3n) is 2.15. The number of hydrogen-bond acceptors (Lipinski definition) is 3. The van der Waals surface area contributed by atoms with Crippen molar-refractivity contribution >= 4 is 5.97 Å². The lowest BCUT2D eigenvalue weighted by Crippen LogP contribution is -2.15. The van der Waals surface area contributed by atoms with Crippen LogP contribution in [0.3, 0.4) is 0 Å². The predicted molar refractivity (Wildman–Crippen MR) is 52.5 cm³/mol. The molecule has 88 valence electrons. The molecular formula is C10H11F2NO3. The van der Waals surface area contributed by atoms with Gasteiger partial charge in [0.1, 0.15) is 0 Å². The molecule has 0 aliphatic carbocycles. The Morgan fingerprint density at radius 3 is 2.69 bits per heavy atom. The molecule has 6 heteroatoms. The van der Waals surface area contributed by atoms with Crippen LogP contribution in [0.2, 0.25) is 0 Å². The minimum absolute atomic E-state index is 0.0383. The fourth-order valence-electron chi connectivity index (χ4n) is 1.24. The minimum atomic E-state index is -2.77.